The molecule has 4 rings (SSSR count). The van der Waals surface area contributed by atoms with Gasteiger partial charge in [0, 0.05) is 18.7 Å². The maximum atomic E-state index is 12.3. The van der Waals surface area contributed by atoms with Crippen molar-refractivity contribution in [3.63, 3.8) is 0 Å². The Labute approximate surface area is 177 Å². The number of imide groups is 1. The van der Waals surface area contributed by atoms with Crippen LogP contribution in [0, 0.1) is 5.92 Å². The number of carbonyl (C=O) groups excluding carboxylic acids is 2. The number of hydrogen-bond donors (Lipinski definition) is 2. The van der Waals surface area contributed by atoms with Gasteiger partial charge in [0.15, 0.2) is 0 Å². The lowest BCUT2D eigenvalue weighted by Crippen LogP contribution is -2.37. The molecule has 2 aromatic heterocycles. The molecule has 1 saturated heterocycles. The lowest BCUT2D eigenvalue weighted by molar-refractivity contribution is -0.115. The maximum absolute atomic E-state index is 12.3. The quantitative estimate of drug-likeness (QED) is 0.644. The standard InChI is InChI=1S/C19H20N4O5S2/c24-18-15(29-19(25)22-18)11-14-7-8-20-16(21-14)10-12-3-5-13(6-4-12)23-30(26,27)17-2-1-9-28-17/h1-2,7-9,11-13,23H,3-6,10H2,(H,22,24,25)/b15-11-. The third-order valence-corrected chi connectivity index (χ3v) is 7.26. The van der Waals surface area contributed by atoms with E-state index in [1.165, 1.54) is 12.3 Å². The van der Waals surface area contributed by atoms with Gasteiger partial charge in [-0.1, -0.05) is 0 Å². The third kappa shape index (κ3) is 4.97. The van der Waals surface area contributed by atoms with Crippen LogP contribution in [0.3, 0.4) is 0 Å². The minimum Gasteiger partial charge on any atom is -0.452 e. The van der Waals surface area contributed by atoms with Crippen molar-refractivity contribution in [2.75, 3.05) is 0 Å². The SMILES string of the molecule is O=C1NC(=O)/C(=C/c2ccnc(CC3CCC(NS(=O)(=O)c4ccco4)CC3)n2)S1. The fraction of sp³-hybridized carbons (Fsp3) is 0.368. The van der Waals surface area contributed by atoms with Crippen LogP contribution in [-0.2, 0) is 21.2 Å². The topological polar surface area (TPSA) is 131 Å². The number of nitrogens with one attached hydrogen (secondary N) is 2. The molecule has 11 heteroatoms. The van der Waals surface area contributed by atoms with Crippen molar-refractivity contribution >= 4 is 39.0 Å². The average molecular weight is 449 g/mol. The summed E-state index contributed by atoms with van der Waals surface area (Å²) < 4.78 is 32.3. The molecule has 1 saturated carbocycles. The number of amides is 2. The fourth-order valence-corrected chi connectivity index (χ4v) is 5.48. The molecule has 1 aliphatic carbocycles. The monoisotopic (exact) mass is 448 g/mol. The molecule has 158 valence electrons. The van der Waals surface area contributed by atoms with Crippen LogP contribution >= 0.6 is 11.8 Å². The summed E-state index contributed by atoms with van der Waals surface area (Å²) in [5.41, 5.74) is 0.576. The van der Waals surface area contributed by atoms with Crippen LogP contribution < -0.4 is 10.0 Å². The zero-order valence-electron chi connectivity index (χ0n) is 15.9. The summed E-state index contributed by atoms with van der Waals surface area (Å²) in [6.07, 6.45) is 8.39. The van der Waals surface area contributed by atoms with Crippen molar-refractivity contribution in [3.8, 4) is 0 Å². The average Bonchev–Trinajstić information content (AvgIpc) is 3.34. The van der Waals surface area contributed by atoms with Crippen molar-refractivity contribution < 1.29 is 22.4 Å². The molecule has 2 N–H and O–H groups in total. The van der Waals surface area contributed by atoms with Gasteiger partial charge in [-0.25, -0.2) is 23.1 Å². The number of carbonyl (C=O) groups is 2. The Hall–Kier alpha value is -2.50. The molecule has 0 spiro atoms. The summed E-state index contributed by atoms with van der Waals surface area (Å²) >= 11 is 0.852. The number of aromatic nitrogens is 2. The van der Waals surface area contributed by atoms with E-state index in [-0.39, 0.29) is 16.4 Å². The number of furan rings is 1. The van der Waals surface area contributed by atoms with Gasteiger partial charge in [0.05, 0.1) is 16.9 Å². The van der Waals surface area contributed by atoms with E-state index in [0.717, 1.165) is 37.4 Å². The molecule has 0 unspecified atom stereocenters. The minimum atomic E-state index is -3.62. The van der Waals surface area contributed by atoms with E-state index < -0.39 is 15.9 Å². The number of sulfonamides is 1. The third-order valence-electron chi connectivity index (χ3n) is 5.05. The largest absolute Gasteiger partial charge is 0.452 e. The summed E-state index contributed by atoms with van der Waals surface area (Å²) in [4.78, 5) is 32.1. The fourth-order valence-electron chi connectivity index (χ4n) is 3.59. The van der Waals surface area contributed by atoms with Crippen molar-refractivity contribution in [1.82, 2.24) is 20.0 Å². The molecule has 0 radical (unpaired) electrons. The highest BCUT2D eigenvalue weighted by atomic mass is 32.2. The van der Waals surface area contributed by atoms with E-state index in [9.17, 15) is 18.0 Å². The van der Waals surface area contributed by atoms with E-state index in [4.69, 9.17) is 4.42 Å². The lowest BCUT2D eigenvalue weighted by atomic mass is 9.84. The molecule has 2 fully saturated rings. The molecular formula is C19H20N4O5S2. The van der Waals surface area contributed by atoms with E-state index >= 15 is 0 Å². The van der Waals surface area contributed by atoms with Crippen LogP contribution in [0.5, 0.6) is 0 Å². The number of thioether (sulfide) groups is 1. The molecular weight excluding hydrogens is 428 g/mol. The highest BCUT2D eigenvalue weighted by Gasteiger charge is 2.28. The molecule has 3 heterocycles. The molecule has 0 atom stereocenters. The van der Waals surface area contributed by atoms with Crippen LogP contribution in [0.25, 0.3) is 6.08 Å². The van der Waals surface area contributed by atoms with Gasteiger partial charge in [-0.3, -0.25) is 14.9 Å². The van der Waals surface area contributed by atoms with Crippen LogP contribution in [0.15, 0.2) is 45.1 Å². The van der Waals surface area contributed by atoms with Crippen molar-refractivity contribution in [2.45, 2.75) is 43.2 Å². The van der Waals surface area contributed by atoms with Gasteiger partial charge in [-0.15, -0.1) is 0 Å². The first kappa shape index (κ1) is 20.8. The van der Waals surface area contributed by atoms with Gasteiger partial charge < -0.3 is 4.42 Å². The molecule has 0 aromatic carbocycles. The van der Waals surface area contributed by atoms with Gasteiger partial charge in [-0.2, -0.15) is 0 Å². The van der Waals surface area contributed by atoms with Crippen molar-refractivity contribution in [3.05, 3.63) is 47.1 Å². The summed E-state index contributed by atoms with van der Waals surface area (Å²) in [5, 5.41) is 1.76. The maximum Gasteiger partial charge on any atom is 0.290 e. The number of hydrogen-bond acceptors (Lipinski definition) is 8. The smallest absolute Gasteiger partial charge is 0.290 e. The normalized spacial score (nSPS) is 23.7. The molecule has 2 aromatic rings. The Kier molecular flexibility index (Phi) is 6.02. The first-order valence-electron chi connectivity index (χ1n) is 9.52. The van der Waals surface area contributed by atoms with Gasteiger partial charge >= 0.3 is 0 Å². The van der Waals surface area contributed by atoms with Crippen LogP contribution in [-0.4, -0.2) is 35.6 Å². The molecule has 9 nitrogen and oxygen atoms in total. The highest BCUT2D eigenvalue weighted by Crippen LogP contribution is 2.28. The second-order valence-corrected chi connectivity index (χ2v) is 9.88. The molecule has 2 amide bonds. The van der Waals surface area contributed by atoms with Crippen LogP contribution in [0.2, 0.25) is 0 Å². The van der Waals surface area contributed by atoms with E-state index in [1.54, 1.807) is 24.4 Å². The first-order chi connectivity index (χ1) is 14.4. The van der Waals surface area contributed by atoms with Crippen molar-refractivity contribution in [1.29, 1.82) is 0 Å². The molecule has 0 bridgehead atoms. The Balaban J connectivity index is 1.33. The predicted octanol–water partition coefficient (Wildman–Crippen LogP) is 2.47. The summed E-state index contributed by atoms with van der Waals surface area (Å²) in [6, 6.07) is 4.54. The second-order valence-electron chi connectivity index (χ2n) is 7.23. The Bertz CT molecular complexity index is 1070. The second kappa shape index (κ2) is 8.70. The summed E-state index contributed by atoms with van der Waals surface area (Å²) in [6.45, 7) is 0. The highest BCUT2D eigenvalue weighted by molar-refractivity contribution is 8.18. The van der Waals surface area contributed by atoms with Gasteiger partial charge in [-0.05, 0) is 67.6 Å². The van der Waals surface area contributed by atoms with Gasteiger partial charge in [0.25, 0.3) is 21.2 Å². The molecule has 2 aliphatic rings. The van der Waals surface area contributed by atoms with E-state index in [1.807, 2.05) is 0 Å². The summed E-state index contributed by atoms with van der Waals surface area (Å²) in [5.74, 6) is 0.599. The van der Waals surface area contributed by atoms with E-state index in [0.29, 0.717) is 28.8 Å². The Morgan fingerprint density at radius 3 is 2.70 bits per heavy atom. The first-order valence-corrected chi connectivity index (χ1v) is 11.8. The summed E-state index contributed by atoms with van der Waals surface area (Å²) in [7, 11) is -3.62. The Morgan fingerprint density at radius 1 is 1.23 bits per heavy atom. The minimum absolute atomic E-state index is 0.0697. The number of rotatable bonds is 6. The molecule has 1 aliphatic heterocycles. The lowest BCUT2D eigenvalue weighted by Gasteiger charge is -2.28. The molecule has 30 heavy (non-hydrogen) atoms. The van der Waals surface area contributed by atoms with Crippen LogP contribution in [0.4, 0.5) is 4.79 Å². The Morgan fingerprint density at radius 2 is 2.03 bits per heavy atom. The van der Waals surface area contributed by atoms with Crippen molar-refractivity contribution in [2.24, 2.45) is 5.92 Å². The predicted molar refractivity (Wildman–Crippen MR) is 110 cm³/mol. The zero-order valence-corrected chi connectivity index (χ0v) is 17.5. The zero-order chi connectivity index (χ0) is 21.1. The van der Waals surface area contributed by atoms with Gasteiger partial charge in [0.1, 0.15) is 5.82 Å². The van der Waals surface area contributed by atoms with Gasteiger partial charge in [0.2, 0.25) is 5.09 Å². The van der Waals surface area contributed by atoms with E-state index in [2.05, 4.69) is 20.0 Å². The van der Waals surface area contributed by atoms with Crippen LogP contribution in [0.1, 0.15) is 37.2 Å². The number of nitrogens with zero attached hydrogens (tertiary/aromatic N) is 2.